The summed E-state index contributed by atoms with van der Waals surface area (Å²) >= 11 is 5.81. The molecule has 0 aliphatic rings. The summed E-state index contributed by atoms with van der Waals surface area (Å²) in [4.78, 5) is 36.0. The molecule has 6 nitrogen and oxygen atoms in total. The third-order valence-electron chi connectivity index (χ3n) is 3.31. The Morgan fingerprint density at radius 1 is 0.920 bits per heavy atom. The van der Waals surface area contributed by atoms with Crippen molar-refractivity contribution in [2.24, 2.45) is 0 Å². The van der Waals surface area contributed by atoms with Gasteiger partial charge in [0.05, 0.1) is 17.8 Å². The predicted molar refractivity (Wildman–Crippen MR) is 96.9 cm³/mol. The molecule has 0 aliphatic carbocycles. The molecular weight excluding hydrogens is 342 g/mol. The quantitative estimate of drug-likeness (QED) is 0.740. The summed E-state index contributed by atoms with van der Waals surface area (Å²) in [5, 5.41) is 8.34. The molecule has 130 valence electrons. The van der Waals surface area contributed by atoms with Crippen LogP contribution in [0.25, 0.3) is 0 Å². The highest BCUT2D eigenvalue weighted by atomic mass is 35.5. The summed E-state index contributed by atoms with van der Waals surface area (Å²) < 4.78 is 0. The molecule has 0 radical (unpaired) electrons. The molecule has 3 amide bonds. The molecule has 3 N–H and O–H groups in total. The van der Waals surface area contributed by atoms with Crippen LogP contribution in [0.1, 0.15) is 27.6 Å². The Morgan fingerprint density at radius 2 is 1.60 bits per heavy atom. The van der Waals surface area contributed by atoms with Crippen LogP contribution in [0.15, 0.2) is 48.5 Å². The fraction of sp³-hybridized carbons (Fsp3) is 0.167. The predicted octanol–water partition coefficient (Wildman–Crippen LogP) is 2.46. The van der Waals surface area contributed by atoms with Gasteiger partial charge in [0.2, 0.25) is 5.91 Å². The van der Waals surface area contributed by atoms with Gasteiger partial charge < -0.3 is 16.0 Å². The topological polar surface area (TPSA) is 87.3 Å². The van der Waals surface area contributed by atoms with E-state index in [-0.39, 0.29) is 23.9 Å². The number of amides is 3. The second-order valence-corrected chi connectivity index (χ2v) is 5.58. The van der Waals surface area contributed by atoms with E-state index in [0.717, 1.165) is 0 Å². The van der Waals surface area contributed by atoms with E-state index in [2.05, 4.69) is 16.0 Å². The van der Waals surface area contributed by atoms with Gasteiger partial charge in [-0.1, -0.05) is 23.7 Å². The van der Waals surface area contributed by atoms with Gasteiger partial charge in [0, 0.05) is 17.1 Å². The molecule has 0 bridgehead atoms. The second-order valence-electron chi connectivity index (χ2n) is 5.14. The van der Waals surface area contributed by atoms with Gasteiger partial charge in [-0.15, -0.1) is 0 Å². The molecule has 0 spiro atoms. The smallest absolute Gasteiger partial charge is 0.255 e. The second kappa shape index (κ2) is 8.84. The van der Waals surface area contributed by atoms with Crippen LogP contribution in [0.2, 0.25) is 5.02 Å². The van der Waals surface area contributed by atoms with Crippen molar-refractivity contribution in [1.29, 1.82) is 0 Å². The summed E-state index contributed by atoms with van der Waals surface area (Å²) in [6.45, 7) is 2.15. The first-order chi connectivity index (χ1) is 12.0. The molecule has 0 heterocycles. The molecule has 2 aromatic carbocycles. The number of benzene rings is 2. The van der Waals surface area contributed by atoms with E-state index in [9.17, 15) is 14.4 Å². The van der Waals surface area contributed by atoms with Gasteiger partial charge >= 0.3 is 0 Å². The molecule has 0 atom stereocenters. The highest BCUT2D eigenvalue weighted by Crippen LogP contribution is 2.17. The van der Waals surface area contributed by atoms with Gasteiger partial charge in [-0.3, -0.25) is 14.4 Å². The van der Waals surface area contributed by atoms with Crippen molar-refractivity contribution in [1.82, 2.24) is 10.6 Å². The van der Waals surface area contributed by atoms with Crippen molar-refractivity contribution < 1.29 is 14.4 Å². The molecule has 0 unspecified atom stereocenters. The molecule has 2 aromatic rings. The van der Waals surface area contributed by atoms with Gasteiger partial charge in [0.25, 0.3) is 11.8 Å². The molecular formula is C18H18ClN3O3. The number of halogens is 1. The van der Waals surface area contributed by atoms with Gasteiger partial charge in [0.1, 0.15) is 0 Å². The number of para-hydroxylation sites is 1. The zero-order chi connectivity index (χ0) is 18.2. The number of likely N-dealkylation sites (N-methyl/N-ethyl adjacent to an activating group) is 1. The summed E-state index contributed by atoms with van der Waals surface area (Å²) in [5.41, 5.74) is 1.05. The van der Waals surface area contributed by atoms with Gasteiger partial charge in [-0.25, -0.2) is 0 Å². The Hall–Kier alpha value is -2.86. The largest absolute Gasteiger partial charge is 0.355 e. The monoisotopic (exact) mass is 359 g/mol. The highest BCUT2D eigenvalue weighted by molar-refractivity contribution is 6.30. The molecule has 0 aliphatic heterocycles. The standard InChI is InChI=1S/C18H18ClN3O3/c1-2-20-16(23)11-21-18(25)14-5-3-4-6-15(14)22-17(24)12-7-9-13(19)10-8-12/h3-10H,2,11H2,1H3,(H,20,23)(H,21,25)(H,22,24). The highest BCUT2D eigenvalue weighted by Gasteiger charge is 2.14. The van der Waals surface area contributed by atoms with Crippen molar-refractivity contribution in [3.05, 3.63) is 64.7 Å². The van der Waals surface area contributed by atoms with E-state index in [0.29, 0.717) is 22.8 Å². The van der Waals surface area contributed by atoms with E-state index >= 15 is 0 Å². The summed E-state index contributed by atoms with van der Waals surface area (Å²) in [7, 11) is 0. The molecule has 7 heteroatoms. The van der Waals surface area contributed by atoms with Crippen molar-refractivity contribution in [3.63, 3.8) is 0 Å². The van der Waals surface area contributed by atoms with Crippen LogP contribution in [0.5, 0.6) is 0 Å². The lowest BCUT2D eigenvalue weighted by Gasteiger charge is -2.11. The van der Waals surface area contributed by atoms with Gasteiger partial charge in [-0.2, -0.15) is 0 Å². The van der Waals surface area contributed by atoms with Gasteiger partial charge in [0.15, 0.2) is 0 Å². The lowest BCUT2D eigenvalue weighted by molar-refractivity contribution is -0.120. The third kappa shape index (κ3) is 5.32. The molecule has 0 fully saturated rings. The Labute approximate surface area is 150 Å². The van der Waals surface area contributed by atoms with Crippen molar-refractivity contribution >= 4 is 35.0 Å². The van der Waals surface area contributed by atoms with Gasteiger partial charge in [-0.05, 0) is 43.3 Å². The molecule has 0 saturated heterocycles. The van der Waals surface area contributed by atoms with E-state index in [1.807, 2.05) is 0 Å². The first kappa shape index (κ1) is 18.5. The van der Waals surface area contributed by atoms with Crippen molar-refractivity contribution in [3.8, 4) is 0 Å². The number of anilines is 1. The number of nitrogens with one attached hydrogen (secondary N) is 3. The van der Waals surface area contributed by atoms with E-state index in [4.69, 9.17) is 11.6 Å². The van der Waals surface area contributed by atoms with Crippen LogP contribution >= 0.6 is 11.6 Å². The lowest BCUT2D eigenvalue weighted by atomic mass is 10.1. The van der Waals surface area contributed by atoms with Crippen LogP contribution in [-0.2, 0) is 4.79 Å². The molecule has 25 heavy (non-hydrogen) atoms. The molecule has 0 aromatic heterocycles. The van der Waals surface area contributed by atoms with E-state index in [1.54, 1.807) is 55.5 Å². The van der Waals surface area contributed by atoms with E-state index < -0.39 is 5.91 Å². The minimum absolute atomic E-state index is 0.133. The maximum Gasteiger partial charge on any atom is 0.255 e. The Kier molecular flexibility index (Phi) is 6.54. The normalized spacial score (nSPS) is 10.0. The minimum atomic E-state index is -0.446. The SMILES string of the molecule is CCNC(=O)CNC(=O)c1ccccc1NC(=O)c1ccc(Cl)cc1. The van der Waals surface area contributed by atoms with Crippen LogP contribution in [0, 0.1) is 0 Å². The van der Waals surface area contributed by atoms with Crippen LogP contribution in [0.3, 0.4) is 0 Å². The fourth-order valence-corrected chi connectivity index (χ4v) is 2.23. The number of rotatable bonds is 6. The first-order valence-corrected chi connectivity index (χ1v) is 8.10. The third-order valence-corrected chi connectivity index (χ3v) is 3.56. The zero-order valence-electron chi connectivity index (χ0n) is 13.6. The van der Waals surface area contributed by atoms with E-state index in [1.165, 1.54) is 0 Å². The Bertz CT molecular complexity index is 775. The number of hydrogen-bond donors (Lipinski definition) is 3. The Balaban J connectivity index is 2.09. The fourth-order valence-electron chi connectivity index (χ4n) is 2.10. The maximum atomic E-state index is 12.3. The van der Waals surface area contributed by atoms with Crippen molar-refractivity contribution in [2.45, 2.75) is 6.92 Å². The minimum Gasteiger partial charge on any atom is -0.355 e. The average molecular weight is 360 g/mol. The lowest BCUT2D eigenvalue weighted by Crippen LogP contribution is -2.37. The summed E-state index contributed by atoms with van der Waals surface area (Å²) in [6, 6.07) is 13.0. The van der Waals surface area contributed by atoms with Crippen LogP contribution in [0.4, 0.5) is 5.69 Å². The zero-order valence-corrected chi connectivity index (χ0v) is 14.4. The maximum absolute atomic E-state index is 12.3. The Morgan fingerprint density at radius 3 is 2.28 bits per heavy atom. The summed E-state index contributed by atoms with van der Waals surface area (Å²) in [6.07, 6.45) is 0. The summed E-state index contributed by atoms with van der Waals surface area (Å²) in [5.74, 6) is -1.09. The number of carbonyl (C=O) groups excluding carboxylic acids is 3. The van der Waals surface area contributed by atoms with Crippen LogP contribution in [-0.4, -0.2) is 30.8 Å². The first-order valence-electron chi connectivity index (χ1n) is 7.72. The van der Waals surface area contributed by atoms with Crippen LogP contribution < -0.4 is 16.0 Å². The molecule has 0 saturated carbocycles. The van der Waals surface area contributed by atoms with Crippen molar-refractivity contribution in [2.75, 3.05) is 18.4 Å². The molecule has 2 rings (SSSR count). The number of carbonyl (C=O) groups is 3. The average Bonchev–Trinajstić information content (AvgIpc) is 2.61. The number of hydrogen-bond acceptors (Lipinski definition) is 3.